The first-order chi connectivity index (χ1) is 6.73. The average Bonchev–Trinajstić information content (AvgIpc) is 2.55. The van der Waals surface area contributed by atoms with Crippen molar-refractivity contribution in [2.45, 2.75) is 77.2 Å². The fourth-order valence-electron chi connectivity index (χ4n) is 2.90. The molecule has 0 aliphatic heterocycles. The molecule has 0 spiro atoms. The number of hydrogen-bond donors (Lipinski definition) is 1. The molecular weight excluding hydrogens is 172 g/mol. The van der Waals surface area contributed by atoms with Gasteiger partial charge >= 0.3 is 0 Å². The highest BCUT2D eigenvalue weighted by atomic mass is 16.3. The number of unbranched alkanes of at least 4 members (excludes halogenated alkanes) is 3. The van der Waals surface area contributed by atoms with Crippen LogP contribution >= 0.6 is 0 Å². The summed E-state index contributed by atoms with van der Waals surface area (Å²) in [6.07, 6.45) is 10.9. The Labute approximate surface area is 88.9 Å². The molecular formula is C13H26O. The van der Waals surface area contributed by atoms with Crippen molar-refractivity contribution >= 4 is 0 Å². The summed E-state index contributed by atoms with van der Waals surface area (Å²) in [7, 11) is 0. The van der Waals surface area contributed by atoms with Crippen molar-refractivity contribution in [3.05, 3.63) is 0 Å². The molecule has 1 aliphatic carbocycles. The molecule has 0 amide bonds. The molecule has 1 N–H and O–H groups in total. The van der Waals surface area contributed by atoms with E-state index in [9.17, 15) is 5.11 Å². The topological polar surface area (TPSA) is 20.2 Å². The van der Waals surface area contributed by atoms with Gasteiger partial charge in [0.05, 0.1) is 5.60 Å². The van der Waals surface area contributed by atoms with Crippen molar-refractivity contribution in [1.82, 2.24) is 0 Å². The largest absolute Gasteiger partial charge is 0.390 e. The third-order valence-electron chi connectivity index (χ3n) is 3.88. The molecule has 0 heterocycles. The molecule has 1 saturated carbocycles. The quantitative estimate of drug-likeness (QED) is 0.642. The Morgan fingerprint density at radius 1 is 1.21 bits per heavy atom. The van der Waals surface area contributed by atoms with Crippen LogP contribution in [-0.2, 0) is 0 Å². The van der Waals surface area contributed by atoms with Gasteiger partial charge in [-0.3, -0.25) is 0 Å². The van der Waals surface area contributed by atoms with Crippen molar-refractivity contribution in [2.75, 3.05) is 0 Å². The molecule has 2 unspecified atom stereocenters. The van der Waals surface area contributed by atoms with Crippen LogP contribution in [0.3, 0.4) is 0 Å². The van der Waals surface area contributed by atoms with Crippen LogP contribution in [0.4, 0.5) is 0 Å². The van der Waals surface area contributed by atoms with E-state index in [-0.39, 0.29) is 5.60 Å². The van der Waals surface area contributed by atoms with Crippen LogP contribution in [0.1, 0.15) is 71.6 Å². The van der Waals surface area contributed by atoms with E-state index in [0.29, 0.717) is 5.92 Å². The van der Waals surface area contributed by atoms with Gasteiger partial charge in [-0.2, -0.15) is 0 Å². The van der Waals surface area contributed by atoms with E-state index in [1.807, 2.05) is 0 Å². The summed E-state index contributed by atoms with van der Waals surface area (Å²) in [5.41, 5.74) is -0.289. The molecule has 0 aromatic rings. The first-order valence-electron chi connectivity index (χ1n) is 6.45. The van der Waals surface area contributed by atoms with Gasteiger partial charge in [0.25, 0.3) is 0 Å². The third-order valence-corrected chi connectivity index (χ3v) is 3.88. The lowest BCUT2D eigenvalue weighted by molar-refractivity contribution is -0.00903. The SMILES string of the molecule is CCCCCCC1(O)CCCC1CC. The predicted molar refractivity (Wildman–Crippen MR) is 61.3 cm³/mol. The van der Waals surface area contributed by atoms with E-state index < -0.39 is 0 Å². The molecule has 1 nitrogen and oxygen atoms in total. The smallest absolute Gasteiger partial charge is 0.0675 e. The van der Waals surface area contributed by atoms with Gasteiger partial charge in [-0.15, -0.1) is 0 Å². The van der Waals surface area contributed by atoms with E-state index in [1.165, 1.54) is 38.5 Å². The van der Waals surface area contributed by atoms with Crippen LogP contribution in [0.15, 0.2) is 0 Å². The monoisotopic (exact) mass is 198 g/mol. The molecule has 1 heteroatoms. The molecule has 1 rings (SSSR count). The van der Waals surface area contributed by atoms with E-state index in [0.717, 1.165) is 19.3 Å². The van der Waals surface area contributed by atoms with Gasteiger partial charge in [0, 0.05) is 0 Å². The fourth-order valence-corrected chi connectivity index (χ4v) is 2.90. The van der Waals surface area contributed by atoms with Crippen LogP contribution in [0, 0.1) is 5.92 Å². The van der Waals surface area contributed by atoms with Crippen LogP contribution in [-0.4, -0.2) is 10.7 Å². The van der Waals surface area contributed by atoms with Gasteiger partial charge in [0.1, 0.15) is 0 Å². The summed E-state index contributed by atoms with van der Waals surface area (Å²) in [4.78, 5) is 0. The standard InChI is InChI=1S/C13H26O/c1-3-5-6-7-10-13(14)11-8-9-12(13)4-2/h12,14H,3-11H2,1-2H3. The summed E-state index contributed by atoms with van der Waals surface area (Å²) in [6.45, 7) is 4.45. The number of hydrogen-bond acceptors (Lipinski definition) is 1. The van der Waals surface area contributed by atoms with Crippen molar-refractivity contribution in [2.24, 2.45) is 5.92 Å². The van der Waals surface area contributed by atoms with Crippen LogP contribution in [0.5, 0.6) is 0 Å². The Hall–Kier alpha value is -0.0400. The Morgan fingerprint density at radius 3 is 2.64 bits per heavy atom. The minimum Gasteiger partial charge on any atom is -0.390 e. The zero-order valence-corrected chi connectivity index (χ0v) is 9.89. The first-order valence-corrected chi connectivity index (χ1v) is 6.45. The molecule has 0 aromatic heterocycles. The Kier molecular flexibility index (Phi) is 4.94. The lowest BCUT2D eigenvalue weighted by atomic mass is 9.84. The fraction of sp³-hybridized carbons (Fsp3) is 1.00. The summed E-state index contributed by atoms with van der Waals surface area (Å²) in [6, 6.07) is 0. The highest BCUT2D eigenvalue weighted by Crippen LogP contribution is 2.41. The Bertz CT molecular complexity index is 155. The highest BCUT2D eigenvalue weighted by Gasteiger charge is 2.38. The van der Waals surface area contributed by atoms with Gasteiger partial charge in [-0.25, -0.2) is 0 Å². The van der Waals surface area contributed by atoms with Gasteiger partial charge in [-0.05, 0) is 25.2 Å². The van der Waals surface area contributed by atoms with Crippen LogP contribution in [0.25, 0.3) is 0 Å². The van der Waals surface area contributed by atoms with E-state index in [2.05, 4.69) is 13.8 Å². The first kappa shape index (κ1) is 12.0. The zero-order valence-electron chi connectivity index (χ0n) is 9.89. The maximum absolute atomic E-state index is 10.5. The molecule has 0 saturated heterocycles. The zero-order chi connectivity index (χ0) is 10.4. The number of aliphatic hydroxyl groups is 1. The average molecular weight is 198 g/mol. The van der Waals surface area contributed by atoms with Crippen molar-refractivity contribution < 1.29 is 5.11 Å². The summed E-state index contributed by atoms with van der Waals surface area (Å²) in [5.74, 6) is 0.587. The lowest BCUT2D eigenvalue weighted by Gasteiger charge is -2.29. The van der Waals surface area contributed by atoms with Gasteiger partial charge < -0.3 is 5.11 Å². The second-order valence-electron chi connectivity index (χ2n) is 4.91. The van der Waals surface area contributed by atoms with Gasteiger partial charge in [-0.1, -0.05) is 52.4 Å². The molecule has 1 fully saturated rings. The molecule has 14 heavy (non-hydrogen) atoms. The second-order valence-corrected chi connectivity index (χ2v) is 4.91. The Balaban J connectivity index is 2.26. The van der Waals surface area contributed by atoms with Crippen molar-refractivity contribution in [3.63, 3.8) is 0 Å². The summed E-state index contributed by atoms with van der Waals surface area (Å²) < 4.78 is 0. The maximum atomic E-state index is 10.5. The highest BCUT2D eigenvalue weighted by molar-refractivity contribution is 4.91. The van der Waals surface area contributed by atoms with E-state index in [4.69, 9.17) is 0 Å². The number of rotatable bonds is 6. The van der Waals surface area contributed by atoms with Crippen molar-refractivity contribution in [1.29, 1.82) is 0 Å². The Morgan fingerprint density at radius 2 is 2.00 bits per heavy atom. The van der Waals surface area contributed by atoms with E-state index in [1.54, 1.807) is 0 Å². The minimum absolute atomic E-state index is 0.289. The molecule has 84 valence electrons. The van der Waals surface area contributed by atoms with Gasteiger partial charge in [0.15, 0.2) is 0 Å². The summed E-state index contributed by atoms with van der Waals surface area (Å²) in [5, 5.41) is 10.5. The molecule has 1 aliphatic rings. The minimum atomic E-state index is -0.289. The van der Waals surface area contributed by atoms with Crippen LogP contribution < -0.4 is 0 Å². The second kappa shape index (κ2) is 5.75. The van der Waals surface area contributed by atoms with Gasteiger partial charge in [0.2, 0.25) is 0 Å². The maximum Gasteiger partial charge on any atom is 0.0675 e. The molecule has 0 radical (unpaired) electrons. The normalized spacial score (nSPS) is 32.4. The van der Waals surface area contributed by atoms with Crippen molar-refractivity contribution in [3.8, 4) is 0 Å². The van der Waals surface area contributed by atoms with Crippen LogP contribution in [0.2, 0.25) is 0 Å². The summed E-state index contributed by atoms with van der Waals surface area (Å²) >= 11 is 0. The lowest BCUT2D eigenvalue weighted by Crippen LogP contribution is -2.32. The molecule has 0 bridgehead atoms. The molecule has 2 atom stereocenters. The third kappa shape index (κ3) is 2.98. The predicted octanol–water partition coefficient (Wildman–Crippen LogP) is 3.90. The molecule has 0 aromatic carbocycles. The van der Waals surface area contributed by atoms with E-state index >= 15 is 0 Å².